The van der Waals surface area contributed by atoms with E-state index in [1.54, 1.807) is 0 Å². The van der Waals surface area contributed by atoms with E-state index in [-0.39, 0.29) is 0 Å². The number of pyridine rings is 1. The maximum atomic E-state index is 4.40. The summed E-state index contributed by atoms with van der Waals surface area (Å²) in [6.07, 6.45) is 7.75. The average Bonchev–Trinajstić information content (AvgIpc) is 2.53. The van der Waals surface area contributed by atoms with Crippen molar-refractivity contribution in [3.63, 3.8) is 0 Å². The molecule has 4 rings (SSSR count). The lowest BCUT2D eigenvalue weighted by atomic mass is 9.94. The fourth-order valence-electron chi connectivity index (χ4n) is 3.71. The molecule has 3 heterocycles. The summed E-state index contributed by atoms with van der Waals surface area (Å²) in [7, 11) is 0. The highest BCUT2D eigenvalue weighted by Crippen LogP contribution is 2.37. The SMILES string of the molecule is Brc1ccc2c3c(cncc13)CCN2CC1CCNCC1. The second-order valence-corrected chi connectivity index (χ2v) is 7.03. The summed E-state index contributed by atoms with van der Waals surface area (Å²) >= 11 is 3.67. The van der Waals surface area contributed by atoms with Crippen LogP contribution in [-0.4, -0.2) is 31.2 Å². The van der Waals surface area contributed by atoms with Crippen LogP contribution in [0, 0.1) is 5.92 Å². The van der Waals surface area contributed by atoms with Gasteiger partial charge in [-0.1, -0.05) is 15.9 Å². The zero-order valence-corrected chi connectivity index (χ0v) is 13.7. The first-order chi connectivity index (χ1) is 10.3. The summed E-state index contributed by atoms with van der Waals surface area (Å²) in [5, 5.41) is 6.11. The Hall–Kier alpha value is -1.13. The van der Waals surface area contributed by atoms with E-state index < -0.39 is 0 Å². The van der Waals surface area contributed by atoms with E-state index in [0.717, 1.165) is 23.4 Å². The van der Waals surface area contributed by atoms with Crippen LogP contribution in [0.1, 0.15) is 18.4 Å². The summed E-state index contributed by atoms with van der Waals surface area (Å²) in [4.78, 5) is 7.00. The van der Waals surface area contributed by atoms with E-state index in [4.69, 9.17) is 0 Å². The van der Waals surface area contributed by atoms with Gasteiger partial charge in [0.15, 0.2) is 0 Å². The number of hydrogen-bond acceptors (Lipinski definition) is 3. The molecule has 0 radical (unpaired) electrons. The molecule has 2 aromatic rings. The van der Waals surface area contributed by atoms with Crippen molar-refractivity contribution in [2.24, 2.45) is 5.92 Å². The van der Waals surface area contributed by atoms with Crippen molar-refractivity contribution >= 4 is 32.4 Å². The second kappa shape index (κ2) is 5.58. The number of hydrogen-bond donors (Lipinski definition) is 1. The third-order valence-electron chi connectivity index (χ3n) is 4.85. The smallest absolute Gasteiger partial charge is 0.0450 e. The van der Waals surface area contributed by atoms with Gasteiger partial charge in [0.1, 0.15) is 0 Å². The van der Waals surface area contributed by atoms with Crippen LogP contribution < -0.4 is 10.2 Å². The lowest BCUT2D eigenvalue weighted by Crippen LogP contribution is -2.38. The van der Waals surface area contributed by atoms with Gasteiger partial charge < -0.3 is 10.2 Å². The van der Waals surface area contributed by atoms with E-state index in [1.165, 1.54) is 54.5 Å². The van der Waals surface area contributed by atoms with E-state index >= 15 is 0 Å². The van der Waals surface area contributed by atoms with E-state index in [0.29, 0.717) is 0 Å². The largest absolute Gasteiger partial charge is 0.370 e. The first-order valence-corrected chi connectivity index (χ1v) is 8.63. The van der Waals surface area contributed by atoms with Gasteiger partial charge in [0.25, 0.3) is 0 Å². The van der Waals surface area contributed by atoms with Crippen LogP contribution in [0.5, 0.6) is 0 Å². The molecule has 110 valence electrons. The molecule has 2 aliphatic heterocycles. The van der Waals surface area contributed by atoms with Crippen molar-refractivity contribution < 1.29 is 0 Å². The minimum Gasteiger partial charge on any atom is -0.370 e. The predicted molar refractivity (Wildman–Crippen MR) is 91.0 cm³/mol. The van der Waals surface area contributed by atoms with Gasteiger partial charge in [-0.05, 0) is 56.0 Å². The molecule has 1 saturated heterocycles. The standard InChI is InChI=1S/C17H20BrN3/c18-15-1-2-16-17-13(9-20-10-14(15)17)5-8-21(16)11-12-3-6-19-7-4-12/h1-2,9-10,12,19H,3-8,11H2. The zero-order valence-electron chi connectivity index (χ0n) is 12.1. The Balaban J connectivity index is 1.72. The monoisotopic (exact) mass is 345 g/mol. The maximum Gasteiger partial charge on any atom is 0.0450 e. The highest BCUT2D eigenvalue weighted by molar-refractivity contribution is 9.10. The molecule has 1 aromatic carbocycles. The average molecular weight is 346 g/mol. The molecule has 0 aliphatic carbocycles. The molecule has 0 spiro atoms. The van der Waals surface area contributed by atoms with Gasteiger partial charge in [0.2, 0.25) is 0 Å². The molecule has 1 N–H and O–H groups in total. The lowest BCUT2D eigenvalue weighted by Gasteiger charge is -2.35. The van der Waals surface area contributed by atoms with Gasteiger partial charge in [0.05, 0.1) is 0 Å². The molecule has 0 saturated carbocycles. The van der Waals surface area contributed by atoms with Gasteiger partial charge in [-0.3, -0.25) is 4.98 Å². The summed E-state index contributed by atoms with van der Waals surface area (Å²) in [6, 6.07) is 4.44. The summed E-state index contributed by atoms with van der Waals surface area (Å²) in [5.74, 6) is 0.827. The van der Waals surface area contributed by atoms with Crippen LogP contribution in [0.25, 0.3) is 10.8 Å². The Morgan fingerprint density at radius 1 is 1.24 bits per heavy atom. The van der Waals surface area contributed by atoms with Crippen molar-refractivity contribution in [2.75, 3.05) is 31.1 Å². The van der Waals surface area contributed by atoms with Crippen molar-refractivity contribution in [1.82, 2.24) is 10.3 Å². The predicted octanol–water partition coefficient (Wildman–Crippen LogP) is 3.36. The Morgan fingerprint density at radius 3 is 2.95 bits per heavy atom. The third kappa shape index (κ3) is 2.44. The first-order valence-electron chi connectivity index (χ1n) is 7.83. The van der Waals surface area contributed by atoms with Crippen LogP contribution >= 0.6 is 15.9 Å². The van der Waals surface area contributed by atoms with E-state index in [1.807, 2.05) is 12.4 Å². The van der Waals surface area contributed by atoms with Crippen molar-refractivity contribution in [3.8, 4) is 0 Å². The minimum absolute atomic E-state index is 0.827. The van der Waals surface area contributed by atoms with Gasteiger partial charge in [-0.2, -0.15) is 0 Å². The van der Waals surface area contributed by atoms with Crippen LogP contribution in [0.3, 0.4) is 0 Å². The molecule has 4 heteroatoms. The van der Waals surface area contributed by atoms with Crippen molar-refractivity contribution in [3.05, 3.63) is 34.6 Å². The third-order valence-corrected chi connectivity index (χ3v) is 5.55. The molecular weight excluding hydrogens is 326 g/mol. The fourth-order valence-corrected chi connectivity index (χ4v) is 4.14. The fraction of sp³-hybridized carbons (Fsp3) is 0.471. The number of benzene rings is 1. The van der Waals surface area contributed by atoms with Gasteiger partial charge in [-0.25, -0.2) is 0 Å². The second-order valence-electron chi connectivity index (χ2n) is 6.18. The highest BCUT2D eigenvalue weighted by Gasteiger charge is 2.23. The molecule has 0 unspecified atom stereocenters. The Bertz CT molecular complexity index is 664. The Morgan fingerprint density at radius 2 is 2.10 bits per heavy atom. The number of anilines is 1. The van der Waals surface area contributed by atoms with Crippen LogP contribution in [0.4, 0.5) is 5.69 Å². The van der Waals surface area contributed by atoms with E-state index in [9.17, 15) is 0 Å². The molecule has 1 aromatic heterocycles. The molecule has 3 nitrogen and oxygen atoms in total. The van der Waals surface area contributed by atoms with E-state index in [2.05, 4.69) is 43.3 Å². The van der Waals surface area contributed by atoms with Crippen LogP contribution in [0.15, 0.2) is 29.0 Å². The van der Waals surface area contributed by atoms with Crippen LogP contribution in [0.2, 0.25) is 0 Å². The summed E-state index contributed by atoms with van der Waals surface area (Å²) in [6.45, 7) is 4.67. The molecule has 0 atom stereocenters. The van der Waals surface area contributed by atoms with Crippen molar-refractivity contribution in [2.45, 2.75) is 19.3 Å². The summed E-state index contributed by atoms with van der Waals surface area (Å²) in [5.41, 5.74) is 2.79. The zero-order chi connectivity index (χ0) is 14.2. The number of piperidine rings is 1. The molecule has 21 heavy (non-hydrogen) atoms. The number of nitrogens with one attached hydrogen (secondary N) is 1. The van der Waals surface area contributed by atoms with Crippen molar-refractivity contribution in [1.29, 1.82) is 0 Å². The quantitative estimate of drug-likeness (QED) is 0.904. The Kier molecular flexibility index (Phi) is 3.59. The Labute approximate surface area is 133 Å². The number of aromatic nitrogens is 1. The molecule has 0 bridgehead atoms. The summed E-state index contributed by atoms with van der Waals surface area (Å²) < 4.78 is 1.15. The maximum absolute atomic E-state index is 4.40. The topological polar surface area (TPSA) is 28.2 Å². The highest BCUT2D eigenvalue weighted by atomic mass is 79.9. The number of halogens is 1. The van der Waals surface area contributed by atoms with Gasteiger partial charge in [-0.15, -0.1) is 0 Å². The first kappa shape index (κ1) is 13.5. The minimum atomic E-state index is 0.827. The van der Waals surface area contributed by atoms with Gasteiger partial charge in [0, 0.05) is 46.4 Å². The van der Waals surface area contributed by atoms with Gasteiger partial charge >= 0.3 is 0 Å². The molecule has 1 fully saturated rings. The number of nitrogens with zero attached hydrogens (tertiary/aromatic N) is 2. The normalized spacial score (nSPS) is 19.2. The van der Waals surface area contributed by atoms with Crippen LogP contribution in [-0.2, 0) is 6.42 Å². The molecular formula is C17H20BrN3. The number of rotatable bonds is 2. The lowest BCUT2D eigenvalue weighted by molar-refractivity contribution is 0.373. The molecule has 0 amide bonds. The molecule has 2 aliphatic rings.